The van der Waals surface area contributed by atoms with Crippen LogP contribution < -0.4 is 5.32 Å². The van der Waals surface area contributed by atoms with Gasteiger partial charge in [-0.15, -0.1) is 0 Å². The quantitative estimate of drug-likeness (QED) is 0.809. The number of hydrogen-bond donors (Lipinski definition) is 2. The minimum atomic E-state index is -0.879. The third kappa shape index (κ3) is 5.43. The van der Waals surface area contributed by atoms with E-state index < -0.39 is 5.97 Å². The molecular formula is C13H16FNO3. The Morgan fingerprint density at radius 2 is 1.94 bits per heavy atom. The van der Waals surface area contributed by atoms with Gasteiger partial charge in [-0.2, -0.15) is 0 Å². The first-order valence-electron chi connectivity index (χ1n) is 5.70. The number of aliphatic carboxylic acids is 1. The molecule has 0 aliphatic rings. The molecule has 0 heterocycles. The molecule has 5 heteroatoms. The molecule has 4 nitrogen and oxygen atoms in total. The number of hydrogen-bond acceptors (Lipinski definition) is 2. The van der Waals surface area contributed by atoms with E-state index in [1.165, 1.54) is 12.1 Å². The normalized spacial score (nSPS) is 11.9. The van der Waals surface area contributed by atoms with Gasteiger partial charge in [-0.25, -0.2) is 4.39 Å². The lowest BCUT2D eigenvalue weighted by molar-refractivity contribution is -0.138. The summed E-state index contributed by atoms with van der Waals surface area (Å²) in [5, 5.41) is 11.2. The highest BCUT2D eigenvalue weighted by atomic mass is 19.1. The number of carboxylic acids is 1. The molecule has 0 radical (unpaired) electrons. The van der Waals surface area contributed by atoms with Crippen molar-refractivity contribution in [2.45, 2.75) is 19.8 Å². The zero-order valence-corrected chi connectivity index (χ0v) is 10.1. The second kappa shape index (κ2) is 6.74. The molecule has 98 valence electrons. The van der Waals surface area contributed by atoms with E-state index in [0.717, 1.165) is 5.56 Å². The number of carboxylic acid groups (broad SMARTS) is 1. The van der Waals surface area contributed by atoms with Gasteiger partial charge in [-0.05, 0) is 23.6 Å². The van der Waals surface area contributed by atoms with Crippen LogP contribution in [0.15, 0.2) is 24.3 Å². The maximum Gasteiger partial charge on any atom is 0.303 e. The van der Waals surface area contributed by atoms with Crippen LogP contribution in [0.2, 0.25) is 0 Å². The van der Waals surface area contributed by atoms with Gasteiger partial charge in [0, 0.05) is 13.0 Å². The molecule has 1 aromatic rings. The standard InChI is InChI=1S/C13H16FNO3/c1-9(6-13(17)18)8-15-12(16)7-10-2-4-11(14)5-3-10/h2-5,9H,6-8H2,1H3,(H,15,16)(H,17,18). The Morgan fingerprint density at radius 1 is 1.33 bits per heavy atom. The summed E-state index contributed by atoms with van der Waals surface area (Å²) >= 11 is 0. The Bertz CT molecular complexity index is 417. The van der Waals surface area contributed by atoms with Gasteiger partial charge < -0.3 is 10.4 Å². The fraction of sp³-hybridized carbons (Fsp3) is 0.385. The van der Waals surface area contributed by atoms with Crippen LogP contribution in [0.5, 0.6) is 0 Å². The Kier molecular flexibility index (Phi) is 5.30. The summed E-state index contributed by atoms with van der Waals surface area (Å²) in [5.41, 5.74) is 0.722. The summed E-state index contributed by atoms with van der Waals surface area (Å²) in [6, 6.07) is 5.70. The Labute approximate surface area is 105 Å². The van der Waals surface area contributed by atoms with Crippen molar-refractivity contribution >= 4 is 11.9 Å². The van der Waals surface area contributed by atoms with Crippen molar-refractivity contribution in [3.8, 4) is 0 Å². The molecule has 1 unspecified atom stereocenters. The molecule has 1 atom stereocenters. The highest BCUT2D eigenvalue weighted by molar-refractivity contribution is 5.78. The van der Waals surface area contributed by atoms with Crippen LogP contribution in [0.4, 0.5) is 4.39 Å². The molecule has 0 spiro atoms. The lowest BCUT2D eigenvalue weighted by atomic mass is 10.1. The van der Waals surface area contributed by atoms with E-state index in [4.69, 9.17) is 5.11 Å². The van der Waals surface area contributed by atoms with Crippen molar-refractivity contribution in [2.75, 3.05) is 6.54 Å². The molecule has 1 amide bonds. The minimum absolute atomic E-state index is 0.0246. The second-order valence-electron chi connectivity index (χ2n) is 4.31. The zero-order chi connectivity index (χ0) is 13.5. The van der Waals surface area contributed by atoms with E-state index in [1.807, 2.05) is 0 Å². The van der Waals surface area contributed by atoms with Gasteiger partial charge in [0.25, 0.3) is 0 Å². The van der Waals surface area contributed by atoms with E-state index in [1.54, 1.807) is 19.1 Å². The number of carbonyl (C=O) groups excluding carboxylic acids is 1. The van der Waals surface area contributed by atoms with Crippen LogP contribution in [0.25, 0.3) is 0 Å². The molecule has 0 saturated heterocycles. The predicted molar refractivity (Wildman–Crippen MR) is 64.5 cm³/mol. The third-order valence-corrected chi connectivity index (χ3v) is 2.45. The van der Waals surface area contributed by atoms with Crippen molar-refractivity contribution in [3.63, 3.8) is 0 Å². The van der Waals surface area contributed by atoms with Crippen LogP contribution in [-0.2, 0) is 16.0 Å². The summed E-state index contributed by atoms with van der Waals surface area (Å²) in [5.74, 6) is -1.52. The highest BCUT2D eigenvalue weighted by Gasteiger charge is 2.09. The summed E-state index contributed by atoms with van der Waals surface area (Å²) in [7, 11) is 0. The van der Waals surface area contributed by atoms with Crippen molar-refractivity contribution in [2.24, 2.45) is 5.92 Å². The molecule has 0 bridgehead atoms. The molecule has 0 aliphatic carbocycles. The van der Waals surface area contributed by atoms with E-state index in [2.05, 4.69) is 5.32 Å². The summed E-state index contributed by atoms with van der Waals surface area (Å²) in [6.07, 6.45) is 0.191. The SMILES string of the molecule is CC(CNC(=O)Cc1ccc(F)cc1)CC(=O)O. The summed E-state index contributed by atoms with van der Waals surface area (Å²) in [6.45, 7) is 2.08. The maximum atomic E-state index is 12.6. The number of nitrogens with one attached hydrogen (secondary N) is 1. The first kappa shape index (κ1) is 14.2. The maximum absolute atomic E-state index is 12.6. The Balaban J connectivity index is 2.33. The van der Waals surface area contributed by atoms with Gasteiger partial charge >= 0.3 is 5.97 Å². The lowest BCUT2D eigenvalue weighted by Crippen LogP contribution is -2.30. The van der Waals surface area contributed by atoms with Crippen molar-refractivity contribution in [1.29, 1.82) is 0 Å². The molecule has 0 saturated carbocycles. The number of benzene rings is 1. The molecule has 2 N–H and O–H groups in total. The van der Waals surface area contributed by atoms with Crippen LogP contribution in [0.3, 0.4) is 0 Å². The molecule has 0 fully saturated rings. The first-order valence-corrected chi connectivity index (χ1v) is 5.70. The van der Waals surface area contributed by atoms with Crippen LogP contribution in [0, 0.1) is 11.7 Å². The largest absolute Gasteiger partial charge is 0.481 e. The molecular weight excluding hydrogens is 237 g/mol. The van der Waals surface area contributed by atoms with E-state index in [9.17, 15) is 14.0 Å². The van der Waals surface area contributed by atoms with Crippen molar-refractivity contribution in [1.82, 2.24) is 5.32 Å². The topological polar surface area (TPSA) is 66.4 Å². The smallest absolute Gasteiger partial charge is 0.303 e. The van der Waals surface area contributed by atoms with E-state index in [-0.39, 0.29) is 30.5 Å². The summed E-state index contributed by atoms with van der Waals surface area (Å²) < 4.78 is 12.6. The lowest BCUT2D eigenvalue weighted by Gasteiger charge is -2.10. The zero-order valence-electron chi connectivity index (χ0n) is 10.1. The van der Waals surface area contributed by atoms with Crippen molar-refractivity contribution < 1.29 is 19.1 Å². The first-order chi connectivity index (χ1) is 8.47. The van der Waals surface area contributed by atoms with Crippen LogP contribution in [-0.4, -0.2) is 23.5 Å². The fourth-order valence-corrected chi connectivity index (χ4v) is 1.51. The predicted octanol–water partition coefficient (Wildman–Crippen LogP) is 1.60. The molecule has 0 aromatic heterocycles. The average molecular weight is 253 g/mol. The average Bonchev–Trinajstić information content (AvgIpc) is 2.29. The molecule has 18 heavy (non-hydrogen) atoms. The number of amides is 1. The van der Waals surface area contributed by atoms with Crippen LogP contribution in [0.1, 0.15) is 18.9 Å². The molecule has 1 rings (SSSR count). The van der Waals surface area contributed by atoms with Gasteiger partial charge in [0.1, 0.15) is 5.82 Å². The fourth-order valence-electron chi connectivity index (χ4n) is 1.51. The van der Waals surface area contributed by atoms with Crippen molar-refractivity contribution in [3.05, 3.63) is 35.6 Å². The van der Waals surface area contributed by atoms with Gasteiger partial charge in [-0.1, -0.05) is 19.1 Å². The third-order valence-electron chi connectivity index (χ3n) is 2.45. The number of halogens is 1. The number of rotatable bonds is 6. The molecule has 1 aromatic carbocycles. The highest BCUT2D eigenvalue weighted by Crippen LogP contribution is 2.04. The van der Waals surface area contributed by atoms with E-state index >= 15 is 0 Å². The van der Waals surface area contributed by atoms with Gasteiger partial charge in [0.15, 0.2) is 0 Å². The second-order valence-corrected chi connectivity index (χ2v) is 4.31. The monoisotopic (exact) mass is 253 g/mol. The number of carbonyl (C=O) groups is 2. The van der Waals surface area contributed by atoms with E-state index in [0.29, 0.717) is 6.54 Å². The summed E-state index contributed by atoms with van der Waals surface area (Å²) in [4.78, 5) is 22.0. The Hall–Kier alpha value is -1.91. The van der Waals surface area contributed by atoms with Crippen LogP contribution >= 0.6 is 0 Å². The Morgan fingerprint density at radius 3 is 2.50 bits per heavy atom. The van der Waals surface area contributed by atoms with Gasteiger partial charge in [0.2, 0.25) is 5.91 Å². The van der Waals surface area contributed by atoms with Gasteiger partial charge in [0.05, 0.1) is 6.42 Å². The van der Waals surface area contributed by atoms with Gasteiger partial charge in [-0.3, -0.25) is 9.59 Å². The molecule has 0 aliphatic heterocycles. The minimum Gasteiger partial charge on any atom is -0.481 e.